The fraction of sp³-hybridized carbons (Fsp3) is 0. The quantitative estimate of drug-likeness (QED) is 0.784. The number of furan rings is 1. The Kier molecular flexibility index (Phi) is 3.91. The van der Waals surface area contributed by atoms with Gasteiger partial charge in [0.1, 0.15) is 28.4 Å². The Labute approximate surface area is 139 Å². The molecule has 0 bridgehead atoms. The summed E-state index contributed by atoms with van der Waals surface area (Å²) in [4.78, 5) is -0.0538. The van der Waals surface area contributed by atoms with Gasteiger partial charge in [-0.3, -0.25) is 0 Å². The summed E-state index contributed by atoms with van der Waals surface area (Å²) >= 11 is 0. The van der Waals surface area contributed by atoms with Gasteiger partial charge in [0.25, 0.3) is 0 Å². The van der Waals surface area contributed by atoms with Crippen molar-refractivity contribution in [3.63, 3.8) is 0 Å². The monoisotopic (exact) mass is 334 g/mol. The predicted octanol–water partition coefficient (Wildman–Crippen LogP) is 3.43. The third kappa shape index (κ3) is 2.56. The number of benzene rings is 1. The average molecular weight is 334 g/mol. The van der Waals surface area contributed by atoms with Crippen LogP contribution in [0.4, 0.5) is 0 Å². The maximum Gasteiger partial charge on any atom is 0.210 e. The number of hydrogen-bond acceptors (Lipinski definition) is 5. The average Bonchev–Trinajstić information content (AvgIpc) is 3.11. The molecule has 1 aliphatic heterocycles. The molecule has 24 heavy (non-hydrogen) atoms. The molecule has 5 nitrogen and oxygen atoms in total. The van der Waals surface area contributed by atoms with Gasteiger partial charge in [-0.15, -0.1) is 0 Å². The van der Waals surface area contributed by atoms with Crippen molar-refractivity contribution in [2.45, 2.75) is 0 Å². The van der Waals surface area contributed by atoms with Gasteiger partial charge < -0.3 is 4.42 Å². The molecule has 0 spiro atoms. The molecule has 116 valence electrons. The van der Waals surface area contributed by atoms with Crippen molar-refractivity contribution >= 4 is 19.6 Å². The highest BCUT2D eigenvalue weighted by molar-refractivity contribution is 8.09. The zero-order chi connectivity index (χ0) is 17.2. The first-order chi connectivity index (χ1) is 11.6. The Balaban J connectivity index is 2.33. The van der Waals surface area contributed by atoms with Crippen LogP contribution in [0.25, 0.3) is 9.81 Å². The van der Waals surface area contributed by atoms with E-state index in [0.717, 1.165) is 0 Å². The molecule has 3 rings (SSSR count). The summed E-state index contributed by atoms with van der Waals surface area (Å²) in [6.45, 7) is 0. The molecule has 2 aromatic rings. The van der Waals surface area contributed by atoms with Crippen molar-refractivity contribution in [2.75, 3.05) is 0 Å². The van der Waals surface area contributed by atoms with E-state index in [-0.39, 0.29) is 26.7 Å². The fourth-order valence-corrected chi connectivity index (χ4v) is 3.99. The van der Waals surface area contributed by atoms with E-state index >= 15 is 0 Å². The summed E-state index contributed by atoms with van der Waals surface area (Å²) < 4.78 is 31.2. The lowest BCUT2D eigenvalue weighted by molar-refractivity contribution is 0.553. The maximum atomic E-state index is 13.0. The molecule has 0 saturated heterocycles. The van der Waals surface area contributed by atoms with E-state index in [1.54, 1.807) is 48.5 Å². The van der Waals surface area contributed by atoms with Gasteiger partial charge in [0.05, 0.1) is 11.2 Å². The van der Waals surface area contributed by atoms with Gasteiger partial charge in [-0.05, 0) is 29.8 Å². The molecule has 0 radical (unpaired) electrons. The topological polar surface area (TPSA) is 94.9 Å². The lowest BCUT2D eigenvalue weighted by Crippen LogP contribution is -2.10. The number of hydrogen-bond donors (Lipinski definition) is 0. The summed E-state index contributed by atoms with van der Waals surface area (Å²) in [5.74, 6) is 0.157. The Bertz CT molecular complexity index is 1040. The van der Waals surface area contributed by atoms with Gasteiger partial charge in [-0.1, -0.05) is 30.3 Å². The second-order valence-corrected chi connectivity index (χ2v) is 6.80. The van der Waals surface area contributed by atoms with Gasteiger partial charge >= 0.3 is 0 Å². The molecule has 1 aromatic heterocycles. The summed E-state index contributed by atoms with van der Waals surface area (Å²) in [7, 11) is -3.85. The van der Waals surface area contributed by atoms with Crippen molar-refractivity contribution in [1.82, 2.24) is 0 Å². The molecule has 0 amide bonds. The maximum absolute atomic E-state index is 13.0. The number of nitriles is 2. The minimum atomic E-state index is -3.85. The predicted molar refractivity (Wildman–Crippen MR) is 88.3 cm³/mol. The SMILES string of the molecule is N#CC(C#N)=C1C=C(c2ccccc2)S(=O)(=O)C(c2ccco2)=C1. The molecule has 1 aromatic carbocycles. The molecular formula is C18H10N2O3S. The Morgan fingerprint density at radius 3 is 2.17 bits per heavy atom. The first-order valence-electron chi connectivity index (χ1n) is 6.90. The third-order valence-corrected chi connectivity index (χ3v) is 5.32. The normalized spacial score (nSPS) is 15.7. The zero-order valence-electron chi connectivity index (χ0n) is 12.3. The van der Waals surface area contributed by atoms with Crippen LogP contribution in [-0.4, -0.2) is 8.42 Å². The van der Waals surface area contributed by atoms with E-state index in [2.05, 4.69) is 0 Å². The highest BCUT2D eigenvalue weighted by Crippen LogP contribution is 2.39. The smallest absolute Gasteiger partial charge is 0.210 e. The molecule has 0 N–H and O–H groups in total. The van der Waals surface area contributed by atoms with E-state index in [9.17, 15) is 8.42 Å². The first kappa shape index (κ1) is 15.5. The lowest BCUT2D eigenvalue weighted by Gasteiger charge is -2.16. The van der Waals surface area contributed by atoms with Crippen LogP contribution in [0.15, 0.2) is 76.4 Å². The standard InChI is InChI=1S/C18H10N2O3S/c19-11-15(12-20)14-9-17(13-5-2-1-3-6-13)24(21,22)18(10-14)16-7-4-8-23-16/h1-10H. The van der Waals surface area contributed by atoms with Crippen molar-refractivity contribution < 1.29 is 12.8 Å². The van der Waals surface area contributed by atoms with Crippen LogP contribution in [-0.2, 0) is 9.84 Å². The summed E-state index contributed by atoms with van der Waals surface area (Å²) in [6, 6.07) is 15.2. The minimum Gasteiger partial charge on any atom is -0.464 e. The van der Waals surface area contributed by atoms with Crippen LogP contribution in [0.1, 0.15) is 11.3 Å². The molecule has 6 heteroatoms. The number of rotatable bonds is 2. The fourth-order valence-electron chi connectivity index (χ4n) is 2.36. The van der Waals surface area contributed by atoms with E-state index in [0.29, 0.717) is 5.56 Å². The summed E-state index contributed by atoms with van der Waals surface area (Å²) in [6.07, 6.45) is 4.01. The summed E-state index contributed by atoms with van der Waals surface area (Å²) in [5.41, 5.74) is 0.546. The van der Waals surface area contributed by atoms with E-state index < -0.39 is 9.84 Å². The molecule has 0 saturated carbocycles. The second kappa shape index (κ2) is 6.04. The van der Waals surface area contributed by atoms with Gasteiger partial charge in [0.15, 0.2) is 0 Å². The largest absolute Gasteiger partial charge is 0.464 e. The van der Waals surface area contributed by atoms with Gasteiger partial charge in [-0.25, -0.2) is 8.42 Å². The number of allylic oxidation sites excluding steroid dienone is 4. The van der Waals surface area contributed by atoms with Crippen molar-refractivity contribution in [3.05, 3.63) is 83.3 Å². The third-order valence-electron chi connectivity index (χ3n) is 3.49. The second-order valence-electron chi connectivity index (χ2n) is 4.92. The minimum absolute atomic E-state index is 0.0231. The van der Waals surface area contributed by atoms with Crippen molar-refractivity contribution in [2.24, 2.45) is 0 Å². The summed E-state index contributed by atoms with van der Waals surface area (Å²) in [5, 5.41) is 18.2. The molecule has 0 atom stereocenters. The van der Waals surface area contributed by atoms with Crippen LogP contribution >= 0.6 is 0 Å². The molecule has 0 aliphatic carbocycles. The van der Waals surface area contributed by atoms with Crippen molar-refractivity contribution in [3.8, 4) is 12.1 Å². The highest BCUT2D eigenvalue weighted by Gasteiger charge is 2.32. The van der Waals surface area contributed by atoms with Crippen molar-refractivity contribution in [1.29, 1.82) is 10.5 Å². The molecular weight excluding hydrogens is 324 g/mol. The zero-order valence-corrected chi connectivity index (χ0v) is 13.1. The molecule has 2 heterocycles. The Hall–Kier alpha value is -3.35. The van der Waals surface area contributed by atoms with E-state index in [4.69, 9.17) is 14.9 Å². The van der Waals surface area contributed by atoms with Crippen LogP contribution in [0.3, 0.4) is 0 Å². The van der Waals surface area contributed by atoms with Crippen LogP contribution in [0.2, 0.25) is 0 Å². The van der Waals surface area contributed by atoms with Crippen LogP contribution in [0.5, 0.6) is 0 Å². The van der Waals surface area contributed by atoms with E-state index in [1.165, 1.54) is 24.5 Å². The van der Waals surface area contributed by atoms with Crippen LogP contribution < -0.4 is 0 Å². The molecule has 0 fully saturated rings. The number of sulfone groups is 1. The molecule has 1 aliphatic rings. The van der Waals surface area contributed by atoms with E-state index in [1.807, 2.05) is 0 Å². The van der Waals surface area contributed by atoms with Crippen LogP contribution in [0, 0.1) is 22.7 Å². The lowest BCUT2D eigenvalue weighted by atomic mass is 10.1. The first-order valence-corrected chi connectivity index (χ1v) is 8.38. The van der Waals surface area contributed by atoms with Gasteiger partial charge in [0, 0.05) is 5.57 Å². The number of nitrogens with zero attached hydrogens (tertiary/aromatic N) is 2. The van der Waals surface area contributed by atoms with Gasteiger partial charge in [-0.2, -0.15) is 10.5 Å². The highest BCUT2D eigenvalue weighted by atomic mass is 32.2. The Morgan fingerprint density at radius 1 is 0.917 bits per heavy atom. The molecule has 0 unspecified atom stereocenters. The Morgan fingerprint density at radius 2 is 1.58 bits per heavy atom. The van der Waals surface area contributed by atoms with Gasteiger partial charge in [0.2, 0.25) is 9.84 Å².